The summed E-state index contributed by atoms with van der Waals surface area (Å²) in [5.41, 5.74) is 4.52. The molecule has 0 atom stereocenters. The number of nitrogens with two attached hydrogens (primary N) is 1. The van der Waals surface area contributed by atoms with Crippen molar-refractivity contribution >= 4 is 12.1 Å². The molecule has 0 aliphatic heterocycles. The van der Waals surface area contributed by atoms with E-state index in [0.29, 0.717) is 6.29 Å². The molecule has 0 aliphatic carbocycles. The van der Waals surface area contributed by atoms with Crippen LogP contribution in [0.4, 0.5) is 14.6 Å². The number of hydrogen-bond acceptors (Lipinski definition) is 5. The van der Waals surface area contributed by atoms with Gasteiger partial charge in [-0.1, -0.05) is 6.07 Å². The number of benzene rings is 1. The van der Waals surface area contributed by atoms with E-state index >= 15 is 0 Å². The summed E-state index contributed by atoms with van der Waals surface area (Å²) < 4.78 is 29.8. The number of carbonyl (C=O) groups excluding carboxylic acids is 1. The van der Waals surface area contributed by atoms with Gasteiger partial charge in [-0.25, -0.2) is 4.79 Å². The van der Waals surface area contributed by atoms with Crippen LogP contribution >= 0.6 is 0 Å². The molecule has 2 aromatic rings. The minimum Gasteiger partial charge on any atom is -0.434 e. The maximum atomic E-state index is 12.3. The Morgan fingerprint density at radius 2 is 2.10 bits per heavy atom. The van der Waals surface area contributed by atoms with Crippen LogP contribution in [0.1, 0.15) is 10.4 Å². The fourth-order valence-corrected chi connectivity index (χ4v) is 1.66. The highest BCUT2D eigenvalue weighted by Crippen LogP contribution is 2.24. The normalized spacial score (nSPS) is 10.6. The Hall–Kier alpha value is -2.77. The highest BCUT2D eigenvalue weighted by Gasteiger charge is 2.15. The van der Waals surface area contributed by atoms with Gasteiger partial charge in [0.15, 0.2) is 6.29 Å². The summed E-state index contributed by atoms with van der Waals surface area (Å²) in [6.45, 7) is -3.08. The lowest BCUT2D eigenvalue weighted by atomic mass is 10.1. The van der Waals surface area contributed by atoms with Gasteiger partial charge in [0, 0.05) is 6.20 Å². The average Bonchev–Trinajstić information content (AvgIpc) is 2.38. The van der Waals surface area contributed by atoms with Crippen molar-refractivity contribution < 1.29 is 18.3 Å². The summed E-state index contributed by atoms with van der Waals surface area (Å²) in [7, 11) is 0. The largest absolute Gasteiger partial charge is 0.434 e. The van der Waals surface area contributed by atoms with E-state index in [1.54, 1.807) is 0 Å². The fourth-order valence-electron chi connectivity index (χ4n) is 1.66. The number of anilines is 1. The zero-order chi connectivity index (χ0) is 14.7. The molecule has 0 amide bonds. The lowest BCUT2D eigenvalue weighted by Gasteiger charge is -2.12. The summed E-state index contributed by atoms with van der Waals surface area (Å²) in [5.74, 6) is -0.310. The first kappa shape index (κ1) is 13.7. The van der Waals surface area contributed by atoms with E-state index in [1.807, 2.05) is 0 Å². The van der Waals surface area contributed by atoms with Crippen LogP contribution in [0, 0.1) is 0 Å². The minimum absolute atomic E-state index is 0.0129. The molecule has 2 N–H and O–H groups in total. The van der Waals surface area contributed by atoms with E-state index in [9.17, 15) is 18.4 Å². The highest BCUT2D eigenvalue weighted by atomic mass is 19.3. The SMILES string of the molecule is Nc1ccn(-c2cccc(OC(F)F)c2C=O)c(=O)n1. The number of carbonyl (C=O) groups is 1. The van der Waals surface area contributed by atoms with Crippen LogP contribution in [0.2, 0.25) is 0 Å². The predicted octanol–water partition coefficient (Wildman–Crippen LogP) is 1.23. The van der Waals surface area contributed by atoms with Crippen molar-refractivity contribution in [1.82, 2.24) is 9.55 Å². The standard InChI is InChI=1S/C12H9F2N3O3/c13-11(14)20-9-3-1-2-8(7(9)6-18)17-5-4-10(15)16-12(17)19/h1-6,11H,(H2,15,16,19). The monoisotopic (exact) mass is 281 g/mol. The molecule has 0 fully saturated rings. The van der Waals surface area contributed by atoms with Crippen LogP contribution < -0.4 is 16.2 Å². The molecule has 2 rings (SSSR count). The third-order valence-electron chi connectivity index (χ3n) is 2.46. The Morgan fingerprint density at radius 1 is 1.35 bits per heavy atom. The number of alkyl halides is 2. The lowest BCUT2D eigenvalue weighted by molar-refractivity contribution is -0.0500. The first-order valence-electron chi connectivity index (χ1n) is 5.41. The first-order valence-corrected chi connectivity index (χ1v) is 5.41. The van der Waals surface area contributed by atoms with E-state index in [0.717, 1.165) is 4.57 Å². The van der Waals surface area contributed by atoms with Crippen molar-refractivity contribution in [3.8, 4) is 11.4 Å². The van der Waals surface area contributed by atoms with Gasteiger partial charge >= 0.3 is 12.3 Å². The van der Waals surface area contributed by atoms with Crippen LogP contribution in [0.15, 0.2) is 35.3 Å². The molecule has 0 spiro atoms. The number of aldehydes is 1. The maximum Gasteiger partial charge on any atom is 0.387 e. The number of ether oxygens (including phenoxy) is 1. The topological polar surface area (TPSA) is 87.2 Å². The molecule has 1 heterocycles. The number of rotatable bonds is 4. The van der Waals surface area contributed by atoms with E-state index in [-0.39, 0.29) is 22.8 Å². The Balaban J connectivity index is 2.62. The van der Waals surface area contributed by atoms with Gasteiger partial charge in [-0.3, -0.25) is 9.36 Å². The molecule has 104 valence electrons. The van der Waals surface area contributed by atoms with Gasteiger partial charge in [0.1, 0.15) is 11.6 Å². The molecule has 0 radical (unpaired) electrons. The van der Waals surface area contributed by atoms with Crippen LogP contribution in [0.3, 0.4) is 0 Å². The summed E-state index contributed by atoms with van der Waals surface area (Å²) in [4.78, 5) is 26.3. The summed E-state index contributed by atoms with van der Waals surface area (Å²) in [6, 6.07) is 5.33. The van der Waals surface area contributed by atoms with Crippen molar-refractivity contribution in [2.75, 3.05) is 5.73 Å². The van der Waals surface area contributed by atoms with Crippen LogP contribution in [-0.4, -0.2) is 22.4 Å². The zero-order valence-electron chi connectivity index (χ0n) is 9.99. The quantitative estimate of drug-likeness (QED) is 0.852. The molecular weight excluding hydrogens is 272 g/mol. The number of nitrogen functional groups attached to an aromatic ring is 1. The summed E-state index contributed by atoms with van der Waals surface area (Å²) in [6.07, 6.45) is 1.62. The van der Waals surface area contributed by atoms with Gasteiger partial charge in [-0.05, 0) is 18.2 Å². The van der Waals surface area contributed by atoms with E-state index in [4.69, 9.17) is 5.73 Å². The molecule has 0 unspecified atom stereocenters. The van der Waals surface area contributed by atoms with E-state index < -0.39 is 12.3 Å². The first-order chi connectivity index (χ1) is 9.52. The number of nitrogens with zero attached hydrogens (tertiary/aromatic N) is 2. The third kappa shape index (κ3) is 2.63. The minimum atomic E-state index is -3.08. The third-order valence-corrected chi connectivity index (χ3v) is 2.46. The predicted molar refractivity (Wildman–Crippen MR) is 66.3 cm³/mol. The van der Waals surface area contributed by atoms with Gasteiger partial charge in [0.2, 0.25) is 0 Å². The summed E-state index contributed by atoms with van der Waals surface area (Å²) in [5, 5.41) is 0. The van der Waals surface area contributed by atoms with Gasteiger partial charge in [0.05, 0.1) is 11.3 Å². The Bertz CT molecular complexity index is 701. The maximum absolute atomic E-state index is 12.3. The molecule has 0 aliphatic rings. The molecule has 1 aromatic heterocycles. The molecule has 6 nitrogen and oxygen atoms in total. The Kier molecular flexibility index (Phi) is 3.74. The molecule has 8 heteroatoms. The van der Waals surface area contributed by atoms with Gasteiger partial charge in [-0.2, -0.15) is 13.8 Å². The molecule has 0 saturated carbocycles. The van der Waals surface area contributed by atoms with E-state index in [1.165, 1.54) is 30.5 Å². The van der Waals surface area contributed by atoms with E-state index in [2.05, 4.69) is 9.72 Å². The molecule has 1 aromatic carbocycles. The molecular formula is C12H9F2N3O3. The van der Waals surface area contributed by atoms with Crippen LogP contribution in [0.25, 0.3) is 5.69 Å². The molecule has 20 heavy (non-hydrogen) atoms. The summed E-state index contributed by atoms with van der Waals surface area (Å²) >= 11 is 0. The van der Waals surface area contributed by atoms with Gasteiger partial charge in [0.25, 0.3) is 0 Å². The van der Waals surface area contributed by atoms with Crippen molar-refractivity contribution in [3.63, 3.8) is 0 Å². The second-order valence-electron chi connectivity index (χ2n) is 3.69. The smallest absolute Gasteiger partial charge is 0.387 e. The Labute approximate surface area is 111 Å². The van der Waals surface area contributed by atoms with Crippen LogP contribution in [-0.2, 0) is 0 Å². The second-order valence-corrected chi connectivity index (χ2v) is 3.69. The number of halogens is 2. The zero-order valence-corrected chi connectivity index (χ0v) is 9.99. The Morgan fingerprint density at radius 3 is 2.70 bits per heavy atom. The van der Waals surface area contributed by atoms with Crippen LogP contribution in [0.5, 0.6) is 5.75 Å². The van der Waals surface area contributed by atoms with Crippen molar-refractivity contribution in [2.45, 2.75) is 6.61 Å². The van der Waals surface area contributed by atoms with Gasteiger partial charge in [-0.15, -0.1) is 0 Å². The van der Waals surface area contributed by atoms with Crippen molar-refractivity contribution in [2.24, 2.45) is 0 Å². The number of aromatic nitrogens is 2. The molecule has 0 saturated heterocycles. The lowest BCUT2D eigenvalue weighted by Crippen LogP contribution is -2.22. The highest BCUT2D eigenvalue weighted by molar-refractivity contribution is 5.85. The average molecular weight is 281 g/mol. The van der Waals surface area contributed by atoms with Crippen molar-refractivity contribution in [3.05, 3.63) is 46.5 Å². The molecule has 0 bridgehead atoms. The van der Waals surface area contributed by atoms with Crippen molar-refractivity contribution in [1.29, 1.82) is 0 Å². The second kappa shape index (κ2) is 5.47. The number of hydrogen-bond donors (Lipinski definition) is 1. The fraction of sp³-hybridized carbons (Fsp3) is 0.0833. The van der Waals surface area contributed by atoms with Gasteiger partial charge < -0.3 is 10.5 Å².